The van der Waals surface area contributed by atoms with E-state index in [4.69, 9.17) is 9.47 Å². The molecule has 0 radical (unpaired) electrons. The first kappa shape index (κ1) is 15.8. The number of hydrogen-bond donors (Lipinski definition) is 1. The maximum atomic E-state index is 12.2. The number of hydrogen-bond acceptors (Lipinski definition) is 6. The topological polar surface area (TPSA) is 60.5 Å². The molecule has 1 aliphatic carbocycles. The quantitative estimate of drug-likeness (QED) is 0.843. The van der Waals surface area contributed by atoms with Crippen LogP contribution < -0.4 is 14.8 Å². The van der Waals surface area contributed by atoms with Gasteiger partial charge in [-0.3, -0.25) is 4.79 Å². The van der Waals surface area contributed by atoms with E-state index in [1.807, 2.05) is 18.2 Å². The van der Waals surface area contributed by atoms with Crippen molar-refractivity contribution in [2.24, 2.45) is 0 Å². The molecule has 0 saturated heterocycles. The number of rotatable bonds is 4. The number of nitrogens with one attached hydrogen (secondary N) is 1. The zero-order valence-corrected chi connectivity index (χ0v) is 14.8. The zero-order valence-electron chi connectivity index (χ0n) is 13.2. The van der Waals surface area contributed by atoms with Gasteiger partial charge in [0.2, 0.25) is 5.91 Å². The highest BCUT2D eigenvalue weighted by Gasteiger charge is 2.17. The number of anilines is 1. The van der Waals surface area contributed by atoms with E-state index >= 15 is 0 Å². The molecule has 2 heterocycles. The van der Waals surface area contributed by atoms with E-state index in [0.717, 1.165) is 34.4 Å². The molecule has 0 spiro atoms. The van der Waals surface area contributed by atoms with Crippen LogP contribution in [0.15, 0.2) is 23.1 Å². The van der Waals surface area contributed by atoms with Gasteiger partial charge in [-0.2, -0.15) is 0 Å². The molecule has 0 atom stereocenters. The summed E-state index contributed by atoms with van der Waals surface area (Å²) in [5.41, 5.74) is 1.17. The predicted octanol–water partition coefficient (Wildman–Crippen LogP) is 3.52. The van der Waals surface area contributed by atoms with Crippen LogP contribution >= 0.6 is 23.1 Å². The van der Waals surface area contributed by atoms with Crippen molar-refractivity contribution in [1.82, 2.24) is 4.98 Å². The molecule has 1 aromatic carbocycles. The molecular formula is C17H18N2O3S2. The van der Waals surface area contributed by atoms with Crippen LogP contribution in [0, 0.1) is 0 Å². The van der Waals surface area contributed by atoms with E-state index in [-0.39, 0.29) is 5.91 Å². The third-order valence-corrected chi connectivity index (χ3v) is 6.04. The smallest absolute Gasteiger partial charge is 0.236 e. The highest BCUT2D eigenvalue weighted by Crippen LogP contribution is 2.34. The number of carbonyl (C=O) groups excluding carboxylic acids is 1. The van der Waals surface area contributed by atoms with E-state index in [9.17, 15) is 4.79 Å². The Kier molecular flexibility index (Phi) is 4.62. The predicted molar refractivity (Wildman–Crippen MR) is 95.5 cm³/mol. The van der Waals surface area contributed by atoms with Crippen molar-refractivity contribution in [3.05, 3.63) is 28.8 Å². The number of thiazole rings is 1. The molecule has 1 amide bonds. The SMILES string of the molecule is O=C(CSc1ccc2c(c1)OCCO2)Nc1nc2c(s1)CCCC2. The van der Waals surface area contributed by atoms with Crippen LogP contribution in [-0.2, 0) is 17.6 Å². The molecule has 1 aliphatic heterocycles. The summed E-state index contributed by atoms with van der Waals surface area (Å²) in [7, 11) is 0. The van der Waals surface area contributed by atoms with Crippen LogP contribution in [-0.4, -0.2) is 29.9 Å². The number of amides is 1. The third-order valence-electron chi connectivity index (χ3n) is 3.98. The van der Waals surface area contributed by atoms with Crippen LogP contribution in [0.4, 0.5) is 5.13 Å². The molecule has 126 valence electrons. The van der Waals surface area contributed by atoms with Crippen molar-refractivity contribution in [1.29, 1.82) is 0 Å². The Balaban J connectivity index is 1.34. The number of carbonyl (C=O) groups is 1. The number of aryl methyl sites for hydroxylation is 2. The summed E-state index contributed by atoms with van der Waals surface area (Å²) in [6.45, 7) is 1.15. The summed E-state index contributed by atoms with van der Waals surface area (Å²) in [5, 5.41) is 3.65. The largest absolute Gasteiger partial charge is 0.486 e. The number of nitrogens with zero attached hydrogens (tertiary/aromatic N) is 1. The van der Waals surface area contributed by atoms with Gasteiger partial charge >= 0.3 is 0 Å². The fourth-order valence-electron chi connectivity index (χ4n) is 2.82. The second kappa shape index (κ2) is 7.03. The van der Waals surface area contributed by atoms with Crippen molar-refractivity contribution < 1.29 is 14.3 Å². The molecule has 0 fully saturated rings. The first-order chi connectivity index (χ1) is 11.8. The van der Waals surface area contributed by atoms with Crippen LogP contribution in [0.5, 0.6) is 11.5 Å². The van der Waals surface area contributed by atoms with Crippen LogP contribution in [0.3, 0.4) is 0 Å². The minimum absolute atomic E-state index is 0.0269. The van der Waals surface area contributed by atoms with E-state index in [1.165, 1.54) is 35.2 Å². The van der Waals surface area contributed by atoms with E-state index in [0.29, 0.717) is 19.0 Å². The Morgan fingerprint density at radius 1 is 1.21 bits per heavy atom. The van der Waals surface area contributed by atoms with E-state index in [1.54, 1.807) is 11.3 Å². The molecule has 1 N–H and O–H groups in total. The first-order valence-corrected chi connectivity index (χ1v) is 9.89. The van der Waals surface area contributed by atoms with E-state index in [2.05, 4.69) is 10.3 Å². The minimum atomic E-state index is -0.0269. The number of fused-ring (bicyclic) bond motifs is 2. The lowest BCUT2D eigenvalue weighted by Gasteiger charge is -2.18. The number of benzene rings is 1. The van der Waals surface area contributed by atoms with Gasteiger partial charge in [-0.15, -0.1) is 23.1 Å². The van der Waals surface area contributed by atoms with Crippen LogP contribution in [0.25, 0.3) is 0 Å². The van der Waals surface area contributed by atoms with E-state index < -0.39 is 0 Å². The average molecular weight is 362 g/mol. The van der Waals surface area contributed by atoms with Crippen molar-refractivity contribution in [3.63, 3.8) is 0 Å². The minimum Gasteiger partial charge on any atom is -0.486 e. The fourth-order valence-corrected chi connectivity index (χ4v) is 4.61. The Bertz CT molecular complexity index is 737. The summed E-state index contributed by atoms with van der Waals surface area (Å²) in [6, 6.07) is 5.77. The van der Waals surface area contributed by atoms with Crippen molar-refractivity contribution in [3.8, 4) is 11.5 Å². The maximum Gasteiger partial charge on any atom is 0.236 e. The Labute approximate surface area is 148 Å². The lowest BCUT2D eigenvalue weighted by Crippen LogP contribution is -2.15. The van der Waals surface area contributed by atoms with Crippen LogP contribution in [0.2, 0.25) is 0 Å². The summed E-state index contributed by atoms with van der Waals surface area (Å²) in [6.07, 6.45) is 4.55. The highest BCUT2D eigenvalue weighted by molar-refractivity contribution is 8.00. The van der Waals surface area contributed by atoms with Gasteiger partial charge in [-0.05, 0) is 43.9 Å². The molecule has 4 rings (SSSR count). The molecule has 0 unspecified atom stereocenters. The summed E-state index contributed by atoms with van der Waals surface area (Å²) in [5.74, 6) is 1.84. The monoisotopic (exact) mass is 362 g/mol. The molecule has 0 bridgehead atoms. The molecule has 2 aromatic rings. The normalized spacial score (nSPS) is 15.7. The number of ether oxygens (including phenoxy) is 2. The fraction of sp³-hybridized carbons (Fsp3) is 0.412. The third kappa shape index (κ3) is 3.52. The van der Waals surface area contributed by atoms with Crippen molar-refractivity contribution in [2.45, 2.75) is 30.6 Å². The van der Waals surface area contributed by atoms with Crippen molar-refractivity contribution >= 4 is 34.1 Å². The zero-order chi connectivity index (χ0) is 16.4. The molecular weight excluding hydrogens is 344 g/mol. The van der Waals surface area contributed by atoms with Gasteiger partial charge in [0.25, 0.3) is 0 Å². The standard InChI is InChI=1S/C17H18N2O3S2/c20-16(19-17-18-12-3-1-2-4-15(12)24-17)10-23-11-5-6-13-14(9-11)22-8-7-21-13/h5-6,9H,1-4,7-8,10H2,(H,18,19,20). The van der Waals surface area contributed by atoms with Gasteiger partial charge in [0.15, 0.2) is 16.6 Å². The second-order valence-corrected chi connectivity index (χ2v) is 7.87. The maximum absolute atomic E-state index is 12.2. The Morgan fingerprint density at radius 2 is 2.04 bits per heavy atom. The summed E-state index contributed by atoms with van der Waals surface area (Å²) in [4.78, 5) is 19.0. The molecule has 0 saturated carbocycles. The van der Waals surface area contributed by atoms with Gasteiger partial charge < -0.3 is 14.8 Å². The van der Waals surface area contributed by atoms with Gasteiger partial charge in [0.1, 0.15) is 13.2 Å². The van der Waals surface area contributed by atoms with Crippen molar-refractivity contribution in [2.75, 3.05) is 24.3 Å². The second-order valence-electron chi connectivity index (χ2n) is 5.74. The molecule has 7 heteroatoms. The van der Waals surface area contributed by atoms with Crippen LogP contribution in [0.1, 0.15) is 23.4 Å². The van der Waals surface area contributed by atoms with Gasteiger partial charge in [0, 0.05) is 9.77 Å². The lowest BCUT2D eigenvalue weighted by molar-refractivity contribution is -0.113. The van der Waals surface area contributed by atoms with Gasteiger partial charge in [-0.25, -0.2) is 4.98 Å². The molecule has 24 heavy (non-hydrogen) atoms. The summed E-state index contributed by atoms with van der Waals surface area (Å²) < 4.78 is 11.1. The van der Waals surface area contributed by atoms with Gasteiger partial charge in [-0.1, -0.05) is 0 Å². The molecule has 1 aromatic heterocycles. The average Bonchev–Trinajstić information content (AvgIpc) is 3.02. The first-order valence-electron chi connectivity index (χ1n) is 8.09. The summed E-state index contributed by atoms with van der Waals surface area (Å²) >= 11 is 3.10. The highest BCUT2D eigenvalue weighted by atomic mass is 32.2. The number of thioether (sulfide) groups is 1. The number of aromatic nitrogens is 1. The lowest BCUT2D eigenvalue weighted by atomic mass is 10.0. The van der Waals surface area contributed by atoms with Gasteiger partial charge in [0.05, 0.1) is 11.4 Å². The molecule has 5 nitrogen and oxygen atoms in total. The Hall–Kier alpha value is -1.73. The molecule has 2 aliphatic rings. The Morgan fingerprint density at radius 3 is 2.92 bits per heavy atom.